The highest BCUT2D eigenvalue weighted by molar-refractivity contribution is 6.33. The van der Waals surface area contributed by atoms with Crippen LogP contribution < -0.4 is 0 Å². The van der Waals surface area contributed by atoms with Crippen LogP contribution in [-0.2, 0) is 11.3 Å². The Hall–Kier alpha value is -0.840. The molecular formula is C16H23Cl2N3O. The minimum absolute atomic E-state index is 0.154. The molecule has 0 saturated carbocycles. The van der Waals surface area contributed by atoms with Gasteiger partial charge in [0, 0.05) is 31.6 Å². The van der Waals surface area contributed by atoms with Crippen LogP contribution in [0.1, 0.15) is 30.4 Å². The van der Waals surface area contributed by atoms with Crippen LogP contribution in [0.15, 0.2) is 6.07 Å². The van der Waals surface area contributed by atoms with E-state index in [9.17, 15) is 4.79 Å². The molecule has 1 atom stereocenters. The largest absolute Gasteiger partial charge is 0.346 e. The molecule has 1 aromatic rings. The molecule has 1 aromatic heterocycles. The molecule has 1 unspecified atom stereocenters. The summed E-state index contributed by atoms with van der Waals surface area (Å²) in [6.45, 7) is 4.38. The SMILES string of the molecule is Cc1cc(CN(C)CCC2CCCN(C)C2=O)c(Cl)nc1Cl. The summed E-state index contributed by atoms with van der Waals surface area (Å²) in [4.78, 5) is 20.3. The number of hydrogen-bond donors (Lipinski definition) is 0. The molecule has 4 nitrogen and oxygen atoms in total. The first-order chi connectivity index (χ1) is 10.4. The number of carbonyl (C=O) groups is 1. The summed E-state index contributed by atoms with van der Waals surface area (Å²) in [7, 11) is 3.93. The first kappa shape index (κ1) is 17.5. The molecule has 2 rings (SSSR count). The van der Waals surface area contributed by atoms with Crippen molar-refractivity contribution in [2.75, 3.05) is 27.2 Å². The maximum absolute atomic E-state index is 12.1. The van der Waals surface area contributed by atoms with E-state index in [2.05, 4.69) is 9.88 Å². The zero-order valence-corrected chi connectivity index (χ0v) is 14.9. The topological polar surface area (TPSA) is 36.4 Å². The minimum Gasteiger partial charge on any atom is -0.346 e. The smallest absolute Gasteiger partial charge is 0.225 e. The zero-order chi connectivity index (χ0) is 16.3. The Morgan fingerprint density at radius 2 is 2.14 bits per heavy atom. The molecule has 0 bridgehead atoms. The first-order valence-corrected chi connectivity index (χ1v) is 8.39. The summed E-state index contributed by atoms with van der Waals surface area (Å²) in [5.41, 5.74) is 1.90. The fraction of sp³-hybridized carbons (Fsp3) is 0.625. The van der Waals surface area contributed by atoms with Crippen molar-refractivity contribution >= 4 is 29.1 Å². The van der Waals surface area contributed by atoms with Gasteiger partial charge in [-0.3, -0.25) is 4.79 Å². The number of halogens is 2. The van der Waals surface area contributed by atoms with Crippen LogP contribution in [-0.4, -0.2) is 47.9 Å². The van der Waals surface area contributed by atoms with Crippen LogP contribution in [0.4, 0.5) is 0 Å². The predicted octanol–water partition coefficient (Wildman–Crippen LogP) is 3.39. The van der Waals surface area contributed by atoms with Crippen molar-refractivity contribution in [3.63, 3.8) is 0 Å². The van der Waals surface area contributed by atoms with Crippen molar-refractivity contribution in [1.29, 1.82) is 0 Å². The van der Waals surface area contributed by atoms with Gasteiger partial charge < -0.3 is 9.80 Å². The Bertz CT molecular complexity index is 550. The van der Waals surface area contributed by atoms with Gasteiger partial charge in [0.15, 0.2) is 0 Å². The fourth-order valence-electron chi connectivity index (χ4n) is 2.87. The maximum Gasteiger partial charge on any atom is 0.225 e. The van der Waals surface area contributed by atoms with E-state index in [-0.39, 0.29) is 11.8 Å². The summed E-state index contributed by atoms with van der Waals surface area (Å²) in [5, 5.41) is 0.906. The van der Waals surface area contributed by atoms with Gasteiger partial charge in [-0.25, -0.2) is 4.98 Å². The number of rotatable bonds is 5. The van der Waals surface area contributed by atoms with Crippen molar-refractivity contribution in [2.24, 2.45) is 5.92 Å². The van der Waals surface area contributed by atoms with E-state index in [1.807, 2.05) is 32.0 Å². The number of pyridine rings is 1. The molecule has 0 spiro atoms. The molecule has 2 heterocycles. The van der Waals surface area contributed by atoms with E-state index < -0.39 is 0 Å². The molecule has 122 valence electrons. The monoisotopic (exact) mass is 343 g/mol. The molecule has 0 aliphatic carbocycles. The van der Waals surface area contributed by atoms with E-state index in [4.69, 9.17) is 23.2 Å². The van der Waals surface area contributed by atoms with Crippen LogP contribution in [0.3, 0.4) is 0 Å². The lowest BCUT2D eigenvalue weighted by Gasteiger charge is -2.30. The van der Waals surface area contributed by atoms with Gasteiger partial charge in [0.2, 0.25) is 5.91 Å². The lowest BCUT2D eigenvalue weighted by Crippen LogP contribution is -2.39. The second kappa shape index (κ2) is 7.62. The van der Waals surface area contributed by atoms with Crippen LogP contribution in [0.2, 0.25) is 10.3 Å². The van der Waals surface area contributed by atoms with Gasteiger partial charge >= 0.3 is 0 Å². The van der Waals surface area contributed by atoms with Gasteiger partial charge in [0.1, 0.15) is 10.3 Å². The molecule has 1 aliphatic heterocycles. The van der Waals surface area contributed by atoms with E-state index in [0.717, 1.165) is 43.5 Å². The summed E-state index contributed by atoms with van der Waals surface area (Å²) in [6.07, 6.45) is 2.99. The first-order valence-electron chi connectivity index (χ1n) is 7.63. The molecule has 6 heteroatoms. The summed E-state index contributed by atoms with van der Waals surface area (Å²) < 4.78 is 0. The number of aromatic nitrogens is 1. The normalized spacial score (nSPS) is 19.1. The second-order valence-corrected chi connectivity index (χ2v) is 6.89. The lowest BCUT2D eigenvalue weighted by atomic mass is 9.94. The van der Waals surface area contributed by atoms with Gasteiger partial charge in [-0.05, 0) is 51.4 Å². The van der Waals surface area contributed by atoms with Gasteiger partial charge in [-0.15, -0.1) is 0 Å². The molecular weight excluding hydrogens is 321 g/mol. The van der Waals surface area contributed by atoms with Crippen molar-refractivity contribution in [3.8, 4) is 0 Å². The van der Waals surface area contributed by atoms with Gasteiger partial charge in [0.05, 0.1) is 0 Å². The Morgan fingerprint density at radius 3 is 2.86 bits per heavy atom. The number of hydrogen-bond acceptors (Lipinski definition) is 3. The second-order valence-electron chi connectivity index (χ2n) is 6.17. The Labute approximate surface area is 142 Å². The molecule has 1 amide bonds. The van der Waals surface area contributed by atoms with Crippen LogP contribution in [0.5, 0.6) is 0 Å². The zero-order valence-electron chi connectivity index (χ0n) is 13.4. The molecule has 22 heavy (non-hydrogen) atoms. The molecule has 0 radical (unpaired) electrons. The molecule has 1 saturated heterocycles. The van der Waals surface area contributed by atoms with Crippen molar-refractivity contribution < 1.29 is 4.79 Å². The Balaban J connectivity index is 1.89. The van der Waals surface area contributed by atoms with Crippen LogP contribution in [0.25, 0.3) is 0 Å². The van der Waals surface area contributed by atoms with E-state index in [0.29, 0.717) is 16.9 Å². The van der Waals surface area contributed by atoms with Crippen molar-refractivity contribution in [2.45, 2.75) is 32.7 Å². The van der Waals surface area contributed by atoms with Crippen LogP contribution in [0, 0.1) is 12.8 Å². The molecule has 0 aromatic carbocycles. The average Bonchev–Trinajstić information content (AvgIpc) is 2.46. The fourth-order valence-corrected chi connectivity index (χ4v) is 3.25. The van der Waals surface area contributed by atoms with Gasteiger partial charge in [-0.1, -0.05) is 23.2 Å². The van der Waals surface area contributed by atoms with Crippen molar-refractivity contribution in [1.82, 2.24) is 14.8 Å². The highest BCUT2D eigenvalue weighted by Gasteiger charge is 2.26. The highest BCUT2D eigenvalue weighted by Crippen LogP contribution is 2.23. The van der Waals surface area contributed by atoms with E-state index in [1.54, 1.807) is 0 Å². The number of amides is 1. The summed E-state index contributed by atoms with van der Waals surface area (Å²) >= 11 is 12.1. The molecule has 1 aliphatic rings. The van der Waals surface area contributed by atoms with Crippen molar-refractivity contribution in [3.05, 3.63) is 27.5 Å². The van der Waals surface area contributed by atoms with Gasteiger partial charge in [-0.2, -0.15) is 0 Å². The lowest BCUT2D eigenvalue weighted by molar-refractivity contribution is -0.137. The Kier molecular flexibility index (Phi) is 6.07. The number of likely N-dealkylation sites (tertiary alicyclic amines) is 1. The summed E-state index contributed by atoms with van der Waals surface area (Å²) in [5.74, 6) is 0.434. The third-order valence-electron chi connectivity index (χ3n) is 4.25. The maximum atomic E-state index is 12.1. The van der Waals surface area contributed by atoms with Gasteiger partial charge in [0.25, 0.3) is 0 Å². The molecule has 1 fully saturated rings. The number of carbonyl (C=O) groups excluding carboxylic acids is 1. The number of aryl methyl sites for hydroxylation is 1. The third kappa shape index (κ3) is 4.34. The standard InChI is InChI=1S/C16H23Cl2N3O/c1-11-9-13(15(18)19-14(11)17)10-20(2)8-6-12-5-4-7-21(3)16(12)22/h9,12H,4-8,10H2,1-3H3. The van der Waals surface area contributed by atoms with E-state index >= 15 is 0 Å². The molecule has 0 N–H and O–H groups in total. The minimum atomic E-state index is 0.154. The summed E-state index contributed by atoms with van der Waals surface area (Å²) in [6, 6.07) is 1.98. The Morgan fingerprint density at radius 1 is 1.41 bits per heavy atom. The third-order valence-corrected chi connectivity index (χ3v) is 4.96. The van der Waals surface area contributed by atoms with Crippen LogP contribution >= 0.6 is 23.2 Å². The quantitative estimate of drug-likeness (QED) is 0.769. The predicted molar refractivity (Wildman–Crippen MR) is 90.3 cm³/mol. The van der Waals surface area contributed by atoms with E-state index in [1.165, 1.54) is 0 Å². The average molecular weight is 344 g/mol. The number of nitrogens with zero attached hydrogens (tertiary/aromatic N) is 3. The number of piperidine rings is 1. The highest BCUT2D eigenvalue weighted by atomic mass is 35.5.